The highest BCUT2D eigenvalue weighted by Gasteiger charge is 2.22. The van der Waals surface area contributed by atoms with Crippen molar-refractivity contribution in [1.29, 1.82) is 0 Å². The van der Waals surface area contributed by atoms with Crippen LogP contribution in [-0.4, -0.2) is 43.9 Å². The summed E-state index contributed by atoms with van der Waals surface area (Å²) in [7, 11) is -2.13. The number of carbonyl (C=O) groups is 1. The lowest BCUT2D eigenvalue weighted by Crippen LogP contribution is -2.33. The van der Waals surface area contributed by atoms with E-state index in [2.05, 4.69) is 23.8 Å². The van der Waals surface area contributed by atoms with Crippen molar-refractivity contribution in [2.45, 2.75) is 4.90 Å². The summed E-state index contributed by atoms with van der Waals surface area (Å²) in [5.74, 6) is 0.226. The van der Waals surface area contributed by atoms with Gasteiger partial charge in [-0.3, -0.25) is 10.1 Å². The van der Waals surface area contributed by atoms with Gasteiger partial charge in [0.2, 0.25) is 15.9 Å². The van der Waals surface area contributed by atoms with Crippen LogP contribution in [0.3, 0.4) is 0 Å². The minimum atomic E-state index is -3.69. The van der Waals surface area contributed by atoms with Gasteiger partial charge in [0.25, 0.3) is 0 Å². The Kier molecular flexibility index (Phi) is 9.33. The van der Waals surface area contributed by atoms with E-state index in [1.165, 1.54) is 34.7 Å². The number of rotatable bonds is 10. The topological polar surface area (TPSA) is 87.7 Å². The number of nitrogens with zero attached hydrogens (tertiary/aromatic N) is 1. The molecule has 32 heavy (non-hydrogen) atoms. The van der Waals surface area contributed by atoms with E-state index in [0.29, 0.717) is 11.4 Å². The summed E-state index contributed by atoms with van der Waals surface area (Å²) in [5.41, 5.74) is 1.28. The van der Waals surface area contributed by atoms with Crippen LogP contribution in [0.1, 0.15) is 5.56 Å². The van der Waals surface area contributed by atoms with E-state index >= 15 is 0 Å². The van der Waals surface area contributed by atoms with E-state index < -0.39 is 15.9 Å². The lowest BCUT2D eigenvalue weighted by molar-refractivity contribution is -0.115. The largest absolute Gasteiger partial charge is 0.496 e. The number of carbonyl (C=O) groups excluding carboxylic acids is 1. The third kappa shape index (κ3) is 6.88. The summed E-state index contributed by atoms with van der Waals surface area (Å²) in [6.07, 6.45) is 5.99. The van der Waals surface area contributed by atoms with Crippen LogP contribution in [-0.2, 0) is 14.8 Å². The minimum absolute atomic E-state index is 0.0789. The third-order valence-corrected chi connectivity index (χ3v) is 6.26. The van der Waals surface area contributed by atoms with Crippen molar-refractivity contribution in [1.82, 2.24) is 9.62 Å². The number of anilines is 1. The highest BCUT2D eigenvalue weighted by Crippen LogP contribution is 2.19. The molecule has 0 saturated heterocycles. The van der Waals surface area contributed by atoms with E-state index in [0.717, 1.165) is 5.56 Å². The second kappa shape index (κ2) is 11.9. The quantitative estimate of drug-likeness (QED) is 0.313. The van der Waals surface area contributed by atoms with Gasteiger partial charge in [-0.1, -0.05) is 30.4 Å². The number of hydrogen-bond donors (Lipinski definition) is 2. The molecule has 0 unspecified atom stereocenters. The van der Waals surface area contributed by atoms with E-state index in [-0.39, 0.29) is 23.1 Å². The number of thiocarbonyl (C=S) groups is 1. The average Bonchev–Trinajstić information content (AvgIpc) is 2.78. The molecule has 0 fully saturated rings. The van der Waals surface area contributed by atoms with Crippen LogP contribution in [0.15, 0.2) is 84.8 Å². The van der Waals surface area contributed by atoms with Crippen LogP contribution >= 0.6 is 12.2 Å². The molecule has 9 heteroatoms. The van der Waals surface area contributed by atoms with Gasteiger partial charge < -0.3 is 10.1 Å². The zero-order chi connectivity index (χ0) is 23.6. The fourth-order valence-electron chi connectivity index (χ4n) is 2.70. The highest BCUT2D eigenvalue weighted by molar-refractivity contribution is 7.89. The molecule has 0 saturated carbocycles. The maximum absolute atomic E-state index is 12.7. The van der Waals surface area contributed by atoms with Crippen molar-refractivity contribution in [3.05, 3.63) is 85.5 Å². The van der Waals surface area contributed by atoms with Gasteiger partial charge in [-0.05, 0) is 48.6 Å². The van der Waals surface area contributed by atoms with Crippen molar-refractivity contribution in [3.63, 3.8) is 0 Å². The summed E-state index contributed by atoms with van der Waals surface area (Å²) in [6, 6.07) is 13.3. The molecular formula is C23H25N3O4S2. The second-order valence-corrected chi connectivity index (χ2v) is 8.79. The van der Waals surface area contributed by atoms with Crippen molar-refractivity contribution in [2.75, 3.05) is 25.5 Å². The summed E-state index contributed by atoms with van der Waals surface area (Å²) in [6.45, 7) is 7.52. The molecule has 0 radical (unpaired) electrons. The van der Waals surface area contributed by atoms with Gasteiger partial charge in [-0.25, -0.2) is 8.42 Å². The number of para-hydroxylation sites is 1. The number of ether oxygens (including phenoxy) is 1. The molecule has 2 N–H and O–H groups in total. The summed E-state index contributed by atoms with van der Waals surface area (Å²) in [4.78, 5) is 12.3. The van der Waals surface area contributed by atoms with Crippen LogP contribution in [0.4, 0.5) is 5.69 Å². The van der Waals surface area contributed by atoms with Gasteiger partial charge >= 0.3 is 0 Å². The Balaban J connectivity index is 2.00. The van der Waals surface area contributed by atoms with Crippen molar-refractivity contribution < 1.29 is 17.9 Å². The fraction of sp³-hybridized carbons (Fsp3) is 0.130. The standard InChI is InChI=1S/C23H25N3O4S2/c1-4-16-26(17-5-2)32(28,29)20-13-11-19(12-14-20)24-23(31)25-22(27)15-10-18-8-6-7-9-21(18)30-3/h4-15H,1-2,16-17H2,3H3,(H2,24,25,27,31)/b15-10-. The number of nitrogens with one attached hydrogen (secondary N) is 2. The molecule has 0 bridgehead atoms. The van der Waals surface area contributed by atoms with Gasteiger partial charge in [0.05, 0.1) is 12.0 Å². The van der Waals surface area contributed by atoms with Gasteiger partial charge in [-0.15, -0.1) is 13.2 Å². The first-order chi connectivity index (χ1) is 15.3. The predicted molar refractivity (Wildman–Crippen MR) is 132 cm³/mol. The molecule has 0 aliphatic heterocycles. The van der Waals surface area contributed by atoms with E-state index in [9.17, 15) is 13.2 Å². The third-order valence-electron chi connectivity index (χ3n) is 4.21. The normalized spacial score (nSPS) is 11.2. The summed E-state index contributed by atoms with van der Waals surface area (Å²) < 4.78 is 32.0. The summed E-state index contributed by atoms with van der Waals surface area (Å²) in [5, 5.41) is 5.47. The molecular weight excluding hydrogens is 446 g/mol. The lowest BCUT2D eigenvalue weighted by atomic mass is 10.2. The van der Waals surface area contributed by atoms with Gasteiger partial charge in [0.1, 0.15) is 5.75 Å². The lowest BCUT2D eigenvalue weighted by Gasteiger charge is -2.19. The zero-order valence-electron chi connectivity index (χ0n) is 17.7. The van der Waals surface area contributed by atoms with Crippen LogP contribution in [0.25, 0.3) is 6.08 Å². The smallest absolute Gasteiger partial charge is 0.250 e. The number of sulfonamides is 1. The van der Waals surface area contributed by atoms with Gasteiger partial charge in [-0.2, -0.15) is 4.31 Å². The number of benzene rings is 2. The monoisotopic (exact) mass is 471 g/mol. The molecule has 7 nitrogen and oxygen atoms in total. The molecule has 0 aromatic heterocycles. The van der Waals surface area contributed by atoms with Crippen molar-refractivity contribution >= 4 is 45.0 Å². The SMILES string of the molecule is C=CCN(CC=C)S(=O)(=O)c1ccc(NC(=S)NC(=O)/C=C\c2ccccc2OC)cc1. The molecule has 1 amide bonds. The van der Waals surface area contributed by atoms with Crippen molar-refractivity contribution in [3.8, 4) is 5.75 Å². The Hall–Kier alpha value is -3.27. The molecule has 2 rings (SSSR count). The summed E-state index contributed by atoms with van der Waals surface area (Å²) >= 11 is 5.16. The Bertz CT molecular complexity index is 1100. The fourth-order valence-corrected chi connectivity index (χ4v) is 4.30. The number of methoxy groups -OCH3 is 1. The molecule has 168 valence electrons. The van der Waals surface area contributed by atoms with Crippen LogP contribution in [0.5, 0.6) is 5.75 Å². The molecule has 0 spiro atoms. The molecule has 0 heterocycles. The van der Waals surface area contributed by atoms with Crippen LogP contribution in [0, 0.1) is 0 Å². The van der Waals surface area contributed by atoms with Crippen LogP contribution < -0.4 is 15.4 Å². The predicted octanol–water partition coefficient (Wildman–Crippen LogP) is 3.58. The van der Waals surface area contributed by atoms with E-state index in [1.807, 2.05) is 18.2 Å². The van der Waals surface area contributed by atoms with Crippen molar-refractivity contribution in [2.24, 2.45) is 0 Å². The Morgan fingerprint density at radius 3 is 2.31 bits per heavy atom. The molecule has 0 atom stereocenters. The Morgan fingerprint density at radius 1 is 1.09 bits per heavy atom. The second-order valence-electron chi connectivity index (χ2n) is 6.44. The zero-order valence-corrected chi connectivity index (χ0v) is 19.3. The number of amides is 1. The Morgan fingerprint density at radius 2 is 1.72 bits per heavy atom. The van der Waals surface area contributed by atoms with E-state index in [4.69, 9.17) is 17.0 Å². The minimum Gasteiger partial charge on any atom is -0.496 e. The molecule has 2 aromatic rings. The first-order valence-electron chi connectivity index (χ1n) is 9.57. The first-order valence-corrected chi connectivity index (χ1v) is 11.4. The molecule has 0 aliphatic rings. The van der Waals surface area contributed by atoms with Gasteiger partial charge in [0, 0.05) is 30.4 Å². The highest BCUT2D eigenvalue weighted by atomic mass is 32.2. The Labute approximate surface area is 194 Å². The molecule has 0 aliphatic carbocycles. The van der Waals surface area contributed by atoms with Crippen LogP contribution in [0.2, 0.25) is 0 Å². The maximum atomic E-state index is 12.7. The average molecular weight is 472 g/mol. The first kappa shape index (κ1) is 25.0. The maximum Gasteiger partial charge on any atom is 0.250 e. The number of hydrogen-bond acceptors (Lipinski definition) is 5. The molecule has 2 aromatic carbocycles. The van der Waals surface area contributed by atoms with Gasteiger partial charge in [0.15, 0.2) is 5.11 Å². The van der Waals surface area contributed by atoms with E-state index in [1.54, 1.807) is 31.4 Å².